The summed E-state index contributed by atoms with van der Waals surface area (Å²) in [5.41, 5.74) is 0.557. The monoisotopic (exact) mass is 216 g/mol. The third kappa shape index (κ3) is 2.93. The first-order chi connectivity index (χ1) is 7.36. The Labute approximate surface area is 93.6 Å². The molecule has 0 aliphatic rings. The second-order valence-corrected chi connectivity index (χ2v) is 3.07. The number of rotatable bonds is 2. The number of para-hydroxylation sites is 1. The van der Waals surface area contributed by atoms with Crippen molar-refractivity contribution in [1.82, 2.24) is 0 Å². The zero-order valence-corrected chi connectivity index (χ0v) is 8.59. The lowest BCUT2D eigenvalue weighted by atomic mass is 10.2. The molecule has 0 heterocycles. The third-order valence-corrected chi connectivity index (χ3v) is 1.96. The van der Waals surface area contributed by atoms with Gasteiger partial charge in [-0.2, -0.15) is 0 Å². The number of hydrogen-bond acceptors (Lipinski definition) is 2. The van der Waals surface area contributed by atoms with Gasteiger partial charge in [-0.15, -0.1) is 0 Å². The third-order valence-electron chi connectivity index (χ3n) is 1.96. The molecule has 3 heteroatoms. The van der Waals surface area contributed by atoms with Crippen LogP contribution in [0.4, 0.5) is 0 Å². The molecule has 82 valence electrons. The SMILES string of the molecule is O.O=C(Oc1ccccc1)c1ccccc1. The highest BCUT2D eigenvalue weighted by Crippen LogP contribution is 2.11. The fourth-order valence-corrected chi connectivity index (χ4v) is 1.23. The Morgan fingerprint density at radius 2 is 1.31 bits per heavy atom. The van der Waals surface area contributed by atoms with E-state index in [9.17, 15) is 4.79 Å². The lowest BCUT2D eigenvalue weighted by Gasteiger charge is -2.02. The number of esters is 1. The fourth-order valence-electron chi connectivity index (χ4n) is 1.23. The van der Waals surface area contributed by atoms with Crippen molar-refractivity contribution in [2.75, 3.05) is 0 Å². The number of carbonyl (C=O) groups is 1. The van der Waals surface area contributed by atoms with Crippen LogP contribution in [0.2, 0.25) is 0 Å². The molecule has 0 aromatic heterocycles. The maximum absolute atomic E-state index is 11.6. The van der Waals surface area contributed by atoms with Gasteiger partial charge in [0.25, 0.3) is 0 Å². The van der Waals surface area contributed by atoms with Gasteiger partial charge < -0.3 is 10.2 Å². The van der Waals surface area contributed by atoms with Crippen LogP contribution in [0.5, 0.6) is 5.75 Å². The Balaban J connectivity index is 0.00000128. The molecular formula is C13H12O3. The second kappa shape index (κ2) is 5.68. The molecule has 0 spiro atoms. The molecule has 0 aliphatic heterocycles. The molecule has 0 saturated carbocycles. The molecular weight excluding hydrogens is 204 g/mol. The molecule has 0 amide bonds. The molecule has 2 N–H and O–H groups in total. The van der Waals surface area contributed by atoms with Gasteiger partial charge in [0.05, 0.1) is 5.56 Å². The van der Waals surface area contributed by atoms with E-state index in [-0.39, 0.29) is 11.4 Å². The van der Waals surface area contributed by atoms with Gasteiger partial charge in [0.2, 0.25) is 0 Å². The quantitative estimate of drug-likeness (QED) is 0.570. The first-order valence-corrected chi connectivity index (χ1v) is 4.68. The second-order valence-electron chi connectivity index (χ2n) is 3.07. The van der Waals surface area contributed by atoms with E-state index in [1.54, 1.807) is 24.3 Å². The van der Waals surface area contributed by atoms with Crippen LogP contribution in [0.1, 0.15) is 10.4 Å². The van der Waals surface area contributed by atoms with Crippen LogP contribution < -0.4 is 4.74 Å². The Morgan fingerprint density at radius 1 is 0.812 bits per heavy atom. The number of carbonyl (C=O) groups excluding carboxylic acids is 1. The highest BCUT2D eigenvalue weighted by atomic mass is 16.5. The first kappa shape index (κ1) is 11.9. The molecule has 0 atom stereocenters. The van der Waals surface area contributed by atoms with E-state index in [4.69, 9.17) is 4.74 Å². The lowest BCUT2D eigenvalue weighted by molar-refractivity contribution is 0.0735. The van der Waals surface area contributed by atoms with E-state index < -0.39 is 0 Å². The van der Waals surface area contributed by atoms with Gasteiger partial charge in [-0.05, 0) is 24.3 Å². The number of ether oxygens (including phenoxy) is 1. The minimum absolute atomic E-state index is 0. The molecule has 0 fully saturated rings. The number of benzene rings is 2. The Morgan fingerprint density at radius 3 is 1.88 bits per heavy atom. The van der Waals surface area contributed by atoms with Gasteiger partial charge in [-0.1, -0.05) is 36.4 Å². The lowest BCUT2D eigenvalue weighted by Crippen LogP contribution is -2.07. The summed E-state index contributed by atoms with van der Waals surface area (Å²) in [6, 6.07) is 18.0. The van der Waals surface area contributed by atoms with E-state index in [2.05, 4.69) is 0 Å². The summed E-state index contributed by atoms with van der Waals surface area (Å²) in [5, 5.41) is 0. The smallest absolute Gasteiger partial charge is 0.343 e. The molecule has 2 rings (SSSR count). The van der Waals surface area contributed by atoms with Crippen molar-refractivity contribution in [3.05, 3.63) is 66.2 Å². The molecule has 0 radical (unpaired) electrons. The molecule has 0 aliphatic carbocycles. The van der Waals surface area contributed by atoms with E-state index in [1.807, 2.05) is 36.4 Å². The maximum Gasteiger partial charge on any atom is 0.343 e. The van der Waals surface area contributed by atoms with Crippen molar-refractivity contribution in [3.8, 4) is 5.75 Å². The molecule has 3 nitrogen and oxygen atoms in total. The van der Waals surface area contributed by atoms with Gasteiger partial charge in [0.15, 0.2) is 0 Å². The summed E-state index contributed by atoms with van der Waals surface area (Å²) < 4.78 is 5.16. The summed E-state index contributed by atoms with van der Waals surface area (Å²) in [4.78, 5) is 11.6. The van der Waals surface area contributed by atoms with Crippen LogP contribution in [0.25, 0.3) is 0 Å². The number of hydrogen-bond donors (Lipinski definition) is 0. The van der Waals surface area contributed by atoms with E-state index in [1.165, 1.54) is 0 Å². The van der Waals surface area contributed by atoms with E-state index in [0.29, 0.717) is 11.3 Å². The van der Waals surface area contributed by atoms with Gasteiger partial charge in [-0.3, -0.25) is 0 Å². The molecule has 0 saturated heterocycles. The van der Waals surface area contributed by atoms with Gasteiger partial charge in [-0.25, -0.2) is 4.79 Å². The predicted molar refractivity (Wildman–Crippen MR) is 61.5 cm³/mol. The van der Waals surface area contributed by atoms with E-state index >= 15 is 0 Å². The van der Waals surface area contributed by atoms with Crippen molar-refractivity contribution in [2.24, 2.45) is 0 Å². The summed E-state index contributed by atoms with van der Waals surface area (Å²) >= 11 is 0. The van der Waals surface area contributed by atoms with Crippen LogP contribution >= 0.6 is 0 Å². The molecule has 2 aromatic rings. The largest absolute Gasteiger partial charge is 0.423 e. The zero-order valence-electron chi connectivity index (χ0n) is 8.59. The summed E-state index contributed by atoms with van der Waals surface area (Å²) in [6.45, 7) is 0. The maximum atomic E-state index is 11.6. The molecule has 2 aromatic carbocycles. The Hall–Kier alpha value is -2.13. The first-order valence-electron chi connectivity index (χ1n) is 4.68. The zero-order chi connectivity index (χ0) is 10.5. The predicted octanol–water partition coefficient (Wildman–Crippen LogP) is 2.08. The average Bonchev–Trinajstić information content (AvgIpc) is 2.31. The van der Waals surface area contributed by atoms with Gasteiger partial charge in [0.1, 0.15) is 5.75 Å². The highest BCUT2D eigenvalue weighted by Gasteiger charge is 2.06. The topological polar surface area (TPSA) is 57.8 Å². The summed E-state index contributed by atoms with van der Waals surface area (Å²) in [7, 11) is 0. The van der Waals surface area contributed by atoms with Crippen LogP contribution in [0.3, 0.4) is 0 Å². The van der Waals surface area contributed by atoms with Crippen LogP contribution in [0, 0.1) is 0 Å². The van der Waals surface area contributed by atoms with Crippen molar-refractivity contribution in [1.29, 1.82) is 0 Å². The summed E-state index contributed by atoms with van der Waals surface area (Å²) in [5.74, 6) is 0.230. The van der Waals surface area contributed by atoms with E-state index in [0.717, 1.165) is 0 Å². The molecule has 16 heavy (non-hydrogen) atoms. The minimum atomic E-state index is -0.332. The van der Waals surface area contributed by atoms with Crippen molar-refractivity contribution >= 4 is 5.97 Å². The van der Waals surface area contributed by atoms with Crippen LogP contribution in [0.15, 0.2) is 60.7 Å². The van der Waals surface area contributed by atoms with Crippen LogP contribution in [-0.4, -0.2) is 11.4 Å². The fraction of sp³-hybridized carbons (Fsp3) is 0. The van der Waals surface area contributed by atoms with Crippen molar-refractivity contribution in [2.45, 2.75) is 0 Å². The Bertz CT molecular complexity index is 437. The van der Waals surface area contributed by atoms with Crippen molar-refractivity contribution in [3.63, 3.8) is 0 Å². The van der Waals surface area contributed by atoms with Crippen LogP contribution in [-0.2, 0) is 0 Å². The average molecular weight is 216 g/mol. The normalized spacial score (nSPS) is 9.00. The highest BCUT2D eigenvalue weighted by molar-refractivity contribution is 5.90. The Kier molecular flexibility index (Phi) is 4.24. The minimum Gasteiger partial charge on any atom is -0.423 e. The molecule has 0 bridgehead atoms. The van der Waals surface area contributed by atoms with Crippen molar-refractivity contribution < 1.29 is 15.0 Å². The summed E-state index contributed by atoms with van der Waals surface area (Å²) in [6.07, 6.45) is 0. The van der Waals surface area contributed by atoms with Gasteiger partial charge in [0, 0.05) is 0 Å². The standard InChI is InChI=1S/C13H10O2.H2O/c14-13(11-7-3-1-4-8-11)15-12-9-5-2-6-10-12;/h1-10H;1H2. The van der Waals surface area contributed by atoms with Gasteiger partial charge >= 0.3 is 5.97 Å². The molecule has 0 unspecified atom stereocenters.